The molecule has 114 valence electrons. The summed E-state index contributed by atoms with van der Waals surface area (Å²) in [6, 6.07) is 6.54. The molecule has 0 saturated carbocycles. The van der Waals surface area contributed by atoms with Gasteiger partial charge in [0.25, 0.3) is 0 Å². The SMILES string of the molecule is CCOC(=O)CCNC(=O)N[C@H](C(=O)O)c1ccccc1. The predicted octanol–water partition coefficient (Wildman–Crippen LogP) is 1.06. The first-order valence-electron chi connectivity index (χ1n) is 6.52. The maximum atomic E-state index is 11.6. The van der Waals surface area contributed by atoms with Gasteiger partial charge < -0.3 is 20.5 Å². The van der Waals surface area contributed by atoms with E-state index < -0.39 is 24.0 Å². The Morgan fingerprint density at radius 2 is 1.90 bits per heavy atom. The van der Waals surface area contributed by atoms with Gasteiger partial charge in [0.1, 0.15) is 0 Å². The first-order valence-corrected chi connectivity index (χ1v) is 6.52. The number of nitrogens with one attached hydrogen (secondary N) is 2. The molecule has 0 fully saturated rings. The Morgan fingerprint density at radius 3 is 2.48 bits per heavy atom. The number of amides is 2. The number of carbonyl (C=O) groups is 3. The van der Waals surface area contributed by atoms with E-state index in [-0.39, 0.29) is 19.6 Å². The van der Waals surface area contributed by atoms with E-state index in [1.807, 2.05) is 0 Å². The molecule has 2 amide bonds. The molecule has 0 saturated heterocycles. The van der Waals surface area contributed by atoms with Crippen LogP contribution in [0.4, 0.5) is 4.79 Å². The predicted molar refractivity (Wildman–Crippen MR) is 74.6 cm³/mol. The van der Waals surface area contributed by atoms with Crippen LogP contribution >= 0.6 is 0 Å². The van der Waals surface area contributed by atoms with Crippen molar-refractivity contribution in [3.63, 3.8) is 0 Å². The Kier molecular flexibility index (Phi) is 6.73. The van der Waals surface area contributed by atoms with Crippen LogP contribution in [-0.4, -0.2) is 36.2 Å². The van der Waals surface area contributed by atoms with Crippen LogP contribution in [-0.2, 0) is 14.3 Å². The molecule has 0 spiro atoms. The lowest BCUT2D eigenvalue weighted by Crippen LogP contribution is -2.41. The fourth-order valence-electron chi connectivity index (χ4n) is 1.63. The summed E-state index contributed by atoms with van der Waals surface area (Å²) in [5.41, 5.74) is 0.463. The number of hydrogen-bond donors (Lipinski definition) is 3. The molecule has 0 aliphatic heterocycles. The van der Waals surface area contributed by atoms with E-state index in [1.165, 1.54) is 0 Å². The largest absolute Gasteiger partial charge is 0.479 e. The third-order valence-electron chi connectivity index (χ3n) is 2.58. The first-order chi connectivity index (χ1) is 10.0. The standard InChI is InChI=1S/C14H18N2O5/c1-2-21-11(17)8-9-15-14(20)16-12(13(18)19)10-6-4-3-5-7-10/h3-7,12H,2,8-9H2,1H3,(H,18,19)(H2,15,16,20)/t12-/m0/s1. The molecule has 0 unspecified atom stereocenters. The van der Waals surface area contributed by atoms with Crippen molar-refractivity contribution >= 4 is 18.0 Å². The highest BCUT2D eigenvalue weighted by atomic mass is 16.5. The molecule has 1 aromatic rings. The first kappa shape index (κ1) is 16.5. The van der Waals surface area contributed by atoms with Crippen LogP contribution in [0.25, 0.3) is 0 Å². The minimum absolute atomic E-state index is 0.0321. The molecule has 0 radical (unpaired) electrons. The molecular formula is C14H18N2O5. The molecule has 21 heavy (non-hydrogen) atoms. The van der Waals surface area contributed by atoms with Gasteiger partial charge in [-0.1, -0.05) is 30.3 Å². The smallest absolute Gasteiger partial charge is 0.330 e. The van der Waals surface area contributed by atoms with Gasteiger partial charge in [0.15, 0.2) is 6.04 Å². The van der Waals surface area contributed by atoms with Gasteiger partial charge in [0, 0.05) is 6.54 Å². The fourth-order valence-corrected chi connectivity index (χ4v) is 1.63. The van der Waals surface area contributed by atoms with Gasteiger partial charge in [-0.15, -0.1) is 0 Å². The number of ether oxygens (including phenoxy) is 1. The molecule has 0 aromatic heterocycles. The van der Waals surface area contributed by atoms with Crippen molar-refractivity contribution < 1.29 is 24.2 Å². The maximum Gasteiger partial charge on any atom is 0.330 e. The molecule has 0 heterocycles. The average Bonchev–Trinajstić information content (AvgIpc) is 2.45. The van der Waals surface area contributed by atoms with Gasteiger partial charge in [0.2, 0.25) is 0 Å². The van der Waals surface area contributed by atoms with Crippen molar-refractivity contribution in [3.05, 3.63) is 35.9 Å². The number of carboxylic acid groups (broad SMARTS) is 1. The summed E-state index contributed by atoms with van der Waals surface area (Å²) in [6.07, 6.45) is 0.0321. The maximum absolute atomic E-state index is 11.6. The van der Waals surface area contributed by atoms with Crippen LogP contribution in [0.2, 0.25) is 0 Å². The van der Waals surface area contributed by atoms with Gasteiger partial charge in [0.05, 0.1) is 13.0 Å². The Morgan fingerprint density at radius 1 is 1.24 bits per heavy atom. The summed E-state index contributed by atoms with van der Waals surface area (Å²) in [4.78, 5) is 33.9. The molecule has 7 nitrogen and oxygen atoms in total. The van der Waals surface area contributed by atoms with Crippen LogP contribution in [0.3, 0.4) is 0 Å². The number of carbonyl (C=O) groups excluding carboxylic acids is 2. The quantitative estimate of drug-likeness (QED) is 0.652. The van der Waals surface area contributed by atoms with E-state index in [0.717, 1.165) is 0 Å². The van der Waals surface area contributed by atoms with Crippen LogP contribution in [0.15, 0.2) is 30.3 Å². The highest BCUT2D eigenvalue weighted by molar-refractivity contribution is 5.83. The van der Waals surface area contributed by atoms with Crippen molar-refractivity contribution in [2.24, 2.45) is 0 Å². The van der Waals surface area contributed by atoms with Crippen molar-refractivity contribution in [2.75, 3.05) is 13.2 Å². The van der Waals surface area contributed by atoms with Gasteiger partial charge in [-0.3, -0.25) is 4.79 Å². The van der Waals surface area contributed by atoms with Gasteiger partial charge >= 0.3 is 18.0 Å². The second-order valence-electron chi connectivity index (χ2n) is 4.14. The van der Waals surface area contributed by atoms with E-state index >= 15 is 0 Å². The van der Waals surface area contributed by atoms with E-state index in [0.29, 0.717) is 5.56 Å². The van der Waals surface area contributed by atoms with Crippen molar-refractivity contribution in [3.8, 4) is 0 Å². The Bertz CT molecular complexity index is 489. The summed E-state index contributed by atoms with van der Waals surface area (Å²) in [5.74, 6) is -1.59. The molecule has 0 bridgehead atoms. The zero-order valence-corrected chi connectivity index (χ0v) is 11.7. The molecule has 1 atom stereocenters. The normalized spacial score (nSPS) is 11.3. The number of carboxylic acids is 1. The van der Waals surface area contributed by atoms with Crippen LogP contribution in [0, 0.1) is 0 Å². The van der Waals surface area contributed by atoms with E-state index in [1.54, 1.807) is 37.3 Å². The number of rotatable bonds is 7. The fraction of sp³-hybridized carbons (Fsp3) is 0.357. The van der Waals surface area contributed by atoms with Crippen LogP contribution in [0.1, 0.15) is 24.9 Å². The lowest BCUT2D eigenvalue weighted by Gasteiger charge is -2.15. The zero-order chi connectivity index (χ0) is 15.7. The monoisotopic (exact) mass is 294 g/mol. The summed E-state index contributed by atoms with van der Waals surface area (Å²) < 4.78 is 4.71. The lowest BCUT2D eigenvalue weighted by atomic mass is 10.1. The Hall–Kier alpha value is -2.57. The van der Waals surface area contributed by atoms with Crippen molar-refractivity contribution in [2.45, 2.75) is 19.4 Å². The van der Waals surface area contributed by atoms with E-state index in [4.69, 9.17) is 9.84 Å². The number of benzene rings is 1. The average molecular weight is 294 g/mol. The topological polar surface area (TPSA) is 105 Å². The van der Waals surface area contributed by atoms with Crippen LogP contribution < -0.4 is 10.6 Å². The van der Waals surface area contributed by atoms with Crippen molar-refractivity contribution in [1.29, 1.82) is 0 Å². The third kappa shape index (κ3) is 5.94. The van der Waals surface area contributed by atoms with Crippen LogP contribution in [0.5, 0.6) is 0 Å². The number of aliphatic carboxylic acids is 1. The van der Waals surface area contributed by atoms with Crippen molar-refractivity contribution in [1.82, 2.24) is 10.6 Å². The summed E-state index contributed by atoms with van der Waals surface area (Å²) in [5, 5.41) is 13.9. The van der Waals surface area contributed by atoms with E-state index in [2.05, 4.69) is 10.6 Å². The minimum Gasteiger partial charge on any atom is -0.479 e. The third-order valence-corrected chi connectivity index (χ3v) is 2.58. The number of esters is 1. The van der Waals surface area contributed by atoms with Gasteiger partial charge in [-0.25, -0.2) is 9.59 Å². The second kappa shape index (κ2) is 8.57. The van der Waals surface area contributed by atoms with Gasteiger partial charge in [-0.2, -0.15) is 0 Å². The molecule has 0 aliphatic carbocycles. The molecule has 7 heteroatoms. The Labute approximate surface area is 122 Å². The minimum atomic E-state index is -1.17. The molecule has 1 rings (SSSR count). The van der Waals surface area contributed by atoms with E-state index in [9.17, 15) is 14.4 Å². The second-order valence-corrected chi connectivity index (χ2v) is 4.14. The lowest BCUT2D eigenvalue weighted by molar-refractivity contribution is -0.143. The summed E-state index contributed by atoms with van der Waals surface area (Å²) >= 11 is 0. The molecule has 1 aromatic carbocycles. The highest BCUT2D eigenvalue weighted by Gasteiger charge is 2.21. The summed E-state index contributed by atoms with van der Waals surface area (Å²) in [7, 11) is 0. The molecule has 3 N–H and O–H groups in total. The summed E-state index contributed by atoms with van der Waals surface area (Å²) in [6.45, 7) is 2.04. The number of urea groups is 1. The zero-order valence-electron chi connectivity index (χ0n) is 11.7. The molecular weight excluding hydrogens is 276 g/mol. The Balaban J connectivity index is 2.47. The number of hydrogen-bond acceptors (Lipinski definition) is 4. The molecule has 0 aliphatic rings. The highest BCUT2D eigenvalue weighted by Crippen LogP contribution is 2.12. The van der Waals surface area contributed by atoms with Gasteiger partial charge in [-0.05, 0) is 12.5 Å².